The van der Waals surface area contributed by atoms with E-state index in [1.807, 2.05) is 6.92 Å². The second-order valence-corrected chi connectivity index (χ2v) is 8.86. The van der Waals surface area contributed by atoms with E-state index >= 15 is 0 Å². The summed E-state index contributed by atoms with van der Waals surface area (Å²) in [6.07, 6.45) is 3.10. The van der Waals surface area contributed by atoms with Crippen LogP contribution in [-0.4, -0.2) is 31.2 Å². The van der Waals surface area contributed by atoms with Gasteiger partial charge < -0.3 is 5.32 Å². The Bertz CT molecular complexity index is 977. The third kappa shape index (κ3) is 4.41. The molecule has 3 rings (SSSR count). The number of nitrogens with one attached hydrogen (secondary N) is 1. The van der Waals surface area contributed by atoms with Crippen molar-refractivity contribution in [3.63, 3.8) is 0 Å². The molecular weight excluding hydrogens is 374 g/mol. The molecule has 0 bridgehead atoms. The highest BCUT2D eigenvalue weighted by Gasteiger charge is 2.30. The molecular formula is C21H23N3O3S. The van der Waals surface area contributed by atoms with Crippen molar-refractivity contribution in [2.24, 2.45) is 0 Å². The highest BCUT2D eigenvalue weighted by Crippen LogP contribution is 2.25. The summed E-state index contributed by atoms with van der Waals surface area (Å²) in [5, 5.41) is 11.5. The predicted molar refractivity (Wildman–Crippen MR) is 107 cm³/mol. The van der Waals surface area contributed by atoms with Crippen LogP contribution in [0.5, 0.6) is 0 Å². The highest BCUT2D eigenvalue weighted by molar-refractivity contribution is 7.89. The molecule has 6 nitrogen and oxygen atoms in total. The topological polar surface area (TPSA) is 90.3 Å². The van der Waals surface area contributed by atoms with E-state index in [9.17, 15) is 13.2 Å². The van der Waals surface area contributed by atoms with Crippen molar-refractivity contribution in [1.82, 2.24) is 4.31 Å². The molecule has 1 aliphatic heterocycles. The zero-order valence-corrected chi connectivity index (χ0v) is 16.6. The predicted octanol–water partition coefficient (Wildman–Crippen LogP) is 3.57. The Labute approximate surface area is 165 Å². The summed E-state index contributed by atoms with van der Waals surface area (Å²) in [5.41, 5.74) is 1.87. The second-order valence-electron chi connectivity index (χ2n) is 6.97. The van der Waals surface area contributed by atoms with E-state index in [4.69, 9.17) is 5.26 Å². The minimum absolute atomic E-state index is 0.00858. The van der Waals surface area contributed by atoms with Gasteiger partial charge in [-0.2, -0.15) is 9.57 Å². The van der Waals surface area contributed by atoms with E-state index in [0.717, 1.165) is 24.8 Å². The molecule has 0 radical (unpaired) electrons. The summed E-state index contributed by atoms with van der Waals surface area (Å²) in [4.78, 5) is 12.6. The first-order valence-corrected chi connectivity index (χ1v) is 10.7. The van der Waals surface area contributed by atoms with Crippen LogP contribution in [0.1, 0.15) is 42.1 Å². The lowest BCUT2D eigenvalue weighted by Gasteiger charge is -2.32. The van der Waals surface area contributed by atoms with Crippen molar-refractivity contribution in [1.29, 1.82) is 5.26 Å². The molecule has 1 fully saturated rings. The molecule has 0 aromatic heterocycles. The number of nitriles is 1. The first-order chi connectivity index (χ1) is 13.4. The van der Waals surface area contributed by atoms with Gasteiger partial charge in [-0.05, 0) is 61.7 Å². The van der Waals surface area contributed by atoms with Crippen LogP contribution in [0.4, 0.5) is 5.69 Å². The van der Waals surface area contributed by atoms with Crippen LogP contribution in [0, 0.1) is 11.3 Å². The van der Waals surface area contributed by atoms with Crippen molar-refractivity contribution >= 4 is 21.6 Å². The standard InChI is InChI=1S/C21H23N3O3S/c1-16-4-2-3-15-24(16)28(26,27)20-11-7-18(8-12-20)21(25)23-19-9-5-17(6-10-19)13-14-22/h5-12,16H,2-4,13,15H2,1H3,(H,23,25). The maximum atomic E-state index is 12.9. The summed E-state index contributed by atoms with van der Waals surface area (Å²) >= 11 is 0. The molecule has 2 aromatic rings. The normalized spacial score (nSPS) is 17.6. The zero-order chi connectivity index (χ0) is 20.1. The number of carbonyl (C=O) groups excluding carboxylic acids is 1. The number of carbonyl (C=O) groups is 1. The van der Waals surface area contributed by atoms with E-state index in [1.54, 1.807) is 28.6 Å². The maximum absolute atomic E-state index is 12.9. The van der Waals surface area contributed by atoms with Crippen LogP contribution in [0.2, 0.25) is 0 Å². The molecule has 0 spiro atoms. The lowest BCUT2D eigenvalue weighted by Crippen LogP contribution is -2.41. The first kappa shape index (κ1) is 20.1. The number of nitrogens with zero attached hydrogens (tertiary/aromatic N) is 2. The smallest absolute Gasteiger partial charge is 0.255 e. The quantitative estimate of drug-likeness (QED) is 0.835. The van der Waals surface area contributed by atoms with Crippen LogP contribution in [0.25, 0.3) is 0 Å². The number of rotatable bonds is 5. The molecule has 146 valence electrons. The SMILES string of the molecule is CC1CCCCN1S(=O)(=O)c1ccc(C(=O)Nc2ccc(CC#N)cc2)cc1. The summed E-state index contributed by atoms with van der Waals surface area (Å²) in [6, 6.07) is 15.1. The number of hydrogen-bond donors (Lipinski definition) is 1. The Morgan fingerprint density at radius 3 is 2.43 bits per heavy atom. The van der Waals surface area contributed by atoms with Gasteiger partial charge in [0.2, 0.25) is 10.0 Å². The fraction of sp³-hybridized carbons (Fsp3) is 0.333. The van der Waals surface area contributed by atoms with Gasteiger partial charge in [0.25, 0.3) is 5.91 Å². The summed E-state index contributed by atoms with van der Waals surface area (Å²) in [7, 11) is -3.55. The molecule has 2 aromatic carbocycles. The molecule has 1 saturated heterocycles. The molecule has 1 atom stereocenters. The first-order valence-electron chi connectivity index (χ1n) is 9.31. The minimum atomic E-state index is -3.55. The summed E-state index contributed by atoms with van der Waals surface area (Å²) in [5.74, 6) is -0.316. The molecule has 1 unspecified atom stereocenters. The summed E-state index contributed by atoms with van der Waals surface area (Å²) in [6.45, 7) is 2.47. The van der Waals surface area contributed by atoms with Crippen molar-refractivity contribution in [3.8, 4) is 6.07 Å². The third-order valence-electron chi connectivity index (χ3n) is 4.96. The van der Waals surface area contributed by atoms with Crippen LogP contribution < -0.4 is 5.32 Å². The van der Waals surface area contributed by atoms with E-state index in [2.05, 4.69) is 11.4 Å². The van der Waals surface area contributed by atoms with Gasteiger partial charge in [0, 0.05) is 23.8 Å². The van der Waals surface area contributed by atoms with Crippen molar-refractivity contribution in [2.75, 3.05) is 11.9 Å². The molecule has 0 aliphatic carbocycles. The number of anilines is 1. The Kier molecular flexibility index (Phi) is 6.12. The Morgan fingerprint density at radius 2 is 1.82 bits per heavy atom. The van der Waals surface area contributed by atoms with Gasteiger partial charge in [-0.1, -0.05) is 18.6 Å². The average Bonchev–Trinajstić information content (AvgIpc) is 2.70. The van der Waals surface area contributed by atoms with Gasteiger partial charge >= 0.3 is 0 Å². The van der Waals surface area contributed by atoms with E-state index in [-0.39, 0.29) is 16.8 Å². The second kappa shape index (κ2) is 8.55. The van der Waals surface area contributed by atoms with Gasteiger partial charge in [-0.25, -0.2) is 8.42 Å². The Balaban J connectivity index is 1.71. The number of piperidine rings is 1. The highest BCUT2D eigenvalue weighted by atomic mass is 32.2. The Hall–Kier alpha value is -2.69. The monoisotopic (exact) mass is 397 g/mol. The average molecular weight is 398 g/mol. The molecule has 28 heavy (non-hydrogen) atoms. The molecule has 1 N–H and O–H groups in total. The lowest BCUT2D eigenvalue weighted by molar-refractivity contribution is 0.102. The largest absolute Gasteiger partial charge is 0.322 e. The van der Waals surface area contributed by atoms with Crippen LogP contribution in [0.15, 0.2) is 53.4 Å². The maximum Gasteiger partial charge on any atom is 0.255 e. The number of benzene rings is 2. The Morgan fingerprint density at radius 1 is 1.14 bits per heavy atom. The van der Waals surface area contributed by atoms with Gasteiger partial charge in [-0.3, -0.25) is 4.79 Å². The number of hydrogen-bond acceptors (Lipinski definition) is 4. The number of sulfonamides is 1. The lowest BCUT2D eigenvalue weighted by atomic mass is 10.1. The van der Waals surface area contributed by atoms with Gasteiger partial charge in [0.15, 0.2) is 0 Å². The molecule has 7 heteroatoms. The van der Waals surface area contributed by atoms with Crippen LogP contribution in [-0.2, 0) is 16.4 Å². The van der Waals surface area contributed by atoms with Crippen LogP contribution in [0.3, 0.4) is 0 Å². The van der Waals surface area contributed by atoms with E-state index in [0.29, 0.717) is 24.2 Å². The minimum Gasteiger partial charge on any atom is -0.322 e. The summed E-state index contributed by atoms with van der Waals surface area (Å²) < 4.78 is 27.3. The van der Waals surface area contributed by atoms with Crippen LogP contribution >= 0.6 is 0 Å². The molecule has 1 heterocycles. The van der Waals surface area contributed by atoms with E-state index < -0.39 is 10.0 Å². The van der Waals surface area contributed by atoms with Gasteiger partial charge in [0.1, 0.15) is 0 Å². The fourth-order valence-electron chi connectivity index (χ4n) is 3.34. The molecule has 1 amide bonds. The van der Waals surface area contributed by atoms with Crippen molar-refractivity contribution < 1.29 is 13.2 Å². The molecule has 1 aliphatic rings. The number of amides is 1. The van der Waals surface area contributed by atoms with Crippen molar-refractivity contribution in [3.05, 3.63) is 59.7 Å². The third-order valence-corrected chi connectivity index (χ3v) is 6.99. The van der Waals surface area contributed by atoms with E-state index in [1.165, 1.54) is 24.3 Å². The van der Waals surface area contributed by atoms with Gasteiger partial charge in [-0.15, -0.1) is 0 Å². The zero-order valence-electron chi connectivity index (χ0n) is 15.8. The van der Waals surface area contributed by atoms with Crippen molar-refractivity contribution in [2.45, 2.75) is 43.5 Å². The molecule has 0 saturated carbocycles. The van der Waals surface area contributed by atoms with Gasteiger partial charge in [0.05, 0.1) is 17.4 Å². The fourth-order valence-corrected chi connectivity index (χ4v) is 5.04.